The molecule has 2 aromatic carbocycles. The first kappa shape index (κ1) is 22.5. The zero-order valence-electron chi connectivity index (χ0n) is 18.4. The number of halogens is 1. The topological polar surface area (TPSA) is 75.0 Å². The molecule has 0 radical (unpaired) electrons. The fraction of sp³-hybridized carbons (Fsp3) is 0.280. The number of esters is 1. The molecule has 33 heavy (non-hydrogen) atoms. The van der Waals surface area contributed by atoms with Gasteiger partial charge in [0, 0.05) is 43.1 Å². The standard InChI is InChI=1S/C25H26FN3O4/c1-2-28-13-15-29(16-14-28)21-9-7-20(8-10-21)27-24(30)17-32-25(31)23-12-11-22(33-23)18-3-5-19(26)6-4-18/h3-12H,2,13-17H2,1H3,(H,27,30). The maximum atomic E-state index is 13.1. The van der Waals surface area contributed by atoms with Gasteiger partial charge in [-0.15, -0.1) is 0 Å². The first-order valence-electron chi connectivity index (χ1n) is 10.9. The summed E-state index contributed by atoms with van der Waals surface area (Å²) in [6.07, 6.45) is 0. The zero-order valence-corrected chi connectivity index (χ0v) is 18.4. The van der Waals surface area contributed by atoms with Crippen molar-refractivity contribution < 1.29 is 23.1 Å². The largest absolute Gasteiger partial charge is 0.450 e. The van der Waals surface area contributed by atoms with E-state index in [2.05, 4.69) is 22.0 Å². The average molecular weight is 451 g/mol. The Balaban J connectivity index is 1.25. The van der Waals surface area contributed by atoms with Crippen LogP contribution in [0.2, 0.25) is 0 Å². The van der Waals surface area contributed by atoms with Gasteiger partial charge in [0.2, 0.25) is 5.76 Å². The Morgan fingerprint density at radius 2 is 1.67 bits per heavy atom. The van der Waals surface area contributed by atoms with Crippen molar-refractivity contribution in [1.82, 2.24) is 4.90 Å². The number of hydrogen-bond acceptors (Lipinski definition) is 6. The molecule has 4 rings (SSSR count). The van der Waals surface area contributed by atoms with Crippen molar-refractivity contribution in [3.63, 3.8) is 0 Å². The third-order valence-corrected chi connectivity index (χ3v) is 5.61. The van der Waals surface area contributed by atoms with Gasteiger partial charge in [-0.3, -0.25) is 4.79 Å². The Labute approximate surface area is 191 Å². The number of piperazine rings is 1. The van der Waals surface area contributed by atoms with Crippen molar-refractivity contribution in [2.24, 2.45) is 0 Å². The highest BCUT2D eigenvalue weighted by atomic mass is 19.1. The van der Waals surface area contributed by atoms with Crippen molar-refractivity contribution >= 4 is 23.3 Å². The molecule has 1 aliphatic heterocycles. The molecule has 0 bridgehead atoms. The van der Waals surface area contributed by atoms with E-state index < -0.39 is 18.5 Å². The maximum Gasteiger partial charge on any atom is 0.374 e. The number of likely N-dealkylation sites (N-methyl/N-ethyl adjacent to an activating group) is 1. The van der Waals surface area contributed by atoms with Gasteiger partial charge in [0.1, 0.15) is 11.6 Å². The van der Waals surface area contributed by atoms with E-state index in [1.807, 2.05) is 24.3 Å². The van der Waals surface area contributed by atoms with Crippen molar-refractivity contribution in [3.8, 4) is 11.3 Å². The highest BCUT2D eigenvalue weighted by molar-refractivity contribution is 5.94. The van der Waals surface area contributed by atoms with Crippen LogP contribution in [0.15, 0.2) is 65.1 Å². The first-order valence-corrected chi connectivity index (χ1v) is 10.9. The first-order chi connectivity index (χ1) is 16.0. The summed E-state index contributed by atoms with van der Waals surface area (Å²) >= 11 is 0. The number of nitrogens with one attached hydrogen (secondary N) is 1. The quantitative estimate of drug-likeness (QED) is 0.547. The Bertz CT molecular complexity index is 1090. The van der Waals surface area contributed by atoms with E-state index in [4.69, 9.17) is 9.15 Å². The minimum Gasteiger partial charge on any atom is -0.450 e. The van der Waals surface area contributed by atoms with E-state index in [1.54, 1.807) is 18.2 Å². The van der Waals surface area contributed by atoms with Crippen LogP contribution in [0.3, 0.4) is 0 Å². The Morgan fingerprint density at radius 3 is 2.33 bits per heavy atom. The number of carbonyl (C=O) groups is 2. The predicted octanol–water partition coefficient (Wildman–Crippen LogP) is 4.02. The number of anilines is 2. The van der Waals surface area contributed by atoms with Gasteiger partial charge in [0.25, 0.3) is 5.91 Å². The van der Waals surface area contributed by atoms with Crippen molar-refractivity contribution in [1.29, 1.82) is 0 Å². The fourth-order valence-corrected chi connectivity index (χ4v) is 3.69. The highest BCUT2D eigenvalue weighted by Gasteiger charge is 2.17. The summed E-state index contributed by atoms with van der Waals surface area (Å²) in [6, 6.07) is 16.4. The molecule has 1 amide bonds. The average Bonchev–Trinajstić information content (AvgIpc) is 3.34. The van der Waals surface area contributed by atoms with E-state index >= 15 is 0 Å². The van der Waals surface area contributed by atoms with Gasteiger partial charge < -0.3 is 24.3 Å². The Hall–Kier alpha value is -3.65. The normalized spacial score (nSPS) is 14.2. The Kier molecular flexibility index (Phi) is 7.04. The molecular weight excluding hydrogens is 425 g/mol. The van der Waals surface area contributed by atoms with E-state index in [0.29, 0.717) is 17.0 Å². The van der Waals surface area contributed by atoms with E-state index in [1.165, 1.54) is 18.2 Å². The number of hydrogen-bond donors (Lipinski definition) is 1. The van der Waals surface area contributed by atoms with Crippen LogP contribution in [-0.2, 0) is 9.53 Å². The second-order valence-corrected chi connectivity index (χ2v) is 7.76. The molecule has 0 saturated carbocycles. The minimum absolute atomic E-state index is 0.0327. The third kappa shape index (κ3) is 5.78. The van der Waals surface area contributed by atoms with Crippen LogP contribution in [0, 0.1) is 5.82 Å². The van der Waals surface area contributed by atoms with Gasteiger partial charge in [0.15, 0.2) is 6.61 Å². The second kappa shape index (κ2) is 10.3. The molecule has 8 heteroatoms. The van der Waals surface area contributed by atoms with Gasteiger partial charge in [-0.1, -0.05) is 6.92 Å². The SMILES string of the molecule is CCN1CCN(c2ccc(NC(=O)COC(=O)c3ccc(-c4ccc(F)cc4)o3)cc2)CC1. The summed E-state index contributed by atoms with van der Waals surface area (Å²) in [5.41, 5.74) is 2.37. The van der Waals surface area contributed by atoms with Gasteiger partial charge in [-0.25, -0.2) is 9.18 Å². The van der Waals surface area contributed by atoms with E-state index in [0.717, 1.165) is 38.4 Å². The number of ether oxygens (including phenoxy) is 1. The van der Waals surface area contributed by atoms with Gasteiger partial charge in [-0.2, -0.15) is 0 Å². The minimum atomic E-state index is -0.750. The van der Waals surface area contributed by atoms with Crippen LogP contribution in [0.5, 0.6) is 0 Å². The molecule has 7 nitrogen and oxygen atoms in total. The van der Waals surface area contributed by atoms with Crippen molar-refractivity contribution in [2.75, 3.05) is 49.5 Å². The van der Waals surface area contributed by atoms with Crippen LogP contribution in [0.25, 0.3) is 11.3 Å². The van der Waals surface area contributed by atoms with Crippen molar-refractivity contribution in [2.45, 2.75) is 6.92 Å². The van der Waals surface area contributed by atoms with Crippen LogP contribution >= 0.6 is 0 Å². The molecule has 1 fully saturated rings. The summed E-state index contributed by atoms with van der Waals surface area (Å²) < 4.78 is 23.6. The fourth-order valence-electron chi connectivity index (χ4n) is 3.69. The van der Waals surface area contributed by atoms with Gasteiger partial charge in [-0.05, 0) is 67.2 Å². The molecule has 1 aromatic heterocycles. The maximum absolute atomic E-state index is 13.1. The zero-order chi connectivity index (χ0) is 23.2. The summed E-state index contributed by atoms with van der Waals surface area (Å²) in [6.45, 7) is 6.84. The summed E-state index contributed by atoms with van der Waals surface area (Å²) in [5.74, 6) is -1.18. The molecule has 1 aliphatic rings. The molecule has 0 atom stereocenters. The van der Waals surface area contributed by atoms with Crippen LogP contribution < -0.4 is 10.2 Å². The lowest BCUT2D eigenvalue weighted by Gasteiger charge is -2.35. The van der Waals surface area contributed by atoms with Gasteiger partial charge >= 0.3 is 5.97 Å². The van der Waals surface area contributed by atoms with E-state index in [-0.39, 0.29) is 11.6 Å². The monoisotopic (exact) mass is 451 g/mol. The number of benzene rings is 2. The predicted molar refractivity (Wildman–Crippen MR) is 124 cm³/mol. The van der Waals surface area contributed by atoms with E-state index in [9.17, 15) is 14.0 Å². The number of furan rings is 1. The number of carbonyl (C=O) groups excluding carboxylic acids is 2. The lowest BCUT2D eigenvalue weighted by Crippen LogP contribution is -2.46. The molecule has 3 aromatic rings. The van der Waals surface area contributed by atoms with Crippen LogP contribution in [0.1, 0.15) is 17.5 Å². The molecule has 1 N–H and O–H groups in total. The van der Waals surface area contributed by atoms with Crippen LogP contribution in [-0.4, -0.2) is 56.1 Å². The molecule has 0 aliphatic carbocycles. The molecule has 172 valence electrons. The highest BCUT2D eigenvalue weighted by Crippen LogP contribution is 2.23. The van der Waals surface area contributed by atoms with Crippen LogP contribution in [0.4, 0.5) is 15.8 Å². The Morgan fingerprint density at radius 1 is 0.970 bits per heavy atom. The number of amides is 1. The lowest BCUT2D eigenvalue weighted by molar-refractivity contribution is -0.119. The van der Waals surface area contributed by atoms with Crippen molar-refractivity contribution in [3.05, 3.63) is 72.2 Å². The number of rotatable bonds is 7. The molecule has 1 saturated heterocycles. The summed E-state index contributed by atoms with van der Waals surface area (Å²) in [4.78, 5) is 29.1. The summed E-state index contributed by atoms with van der Waals surface area (Å²) in [7, 11) is 0. The lowest BCUT2D eigenvalue weighted by atomic mass is 10.2. The molecule has 2 heterocycles. The molecular formula is C25H26FN3O4. The van der Waals surface area contributed by atoms with Gasteiger partial charge in [0.05, 0.1) is 0 Å². The smallest absolute Gasteiger partial charge is 0.374 e. The molecule has 0 spiro atoms. The summed E-state index contributed by atoms with van der Waals surface area (Å²) in [5, 5.41) is 2.72. The second-order valence-electron chi connectivity index (χ2n) is 7.76. The molecule has 0 unspecified atom stereocenters. The third-order valence-electron chi connectivity index (χ3n) is 5.61. The number of nitrogens with zero attached hydrogens (tertiary/aromatic N) is 2.